The SMILES string of the molecule is CC(C)(C)OC(=O)CCCC(=O)OCCCNC(=O)OC(C)(C)C. The molecule has 0 atom stereocenters. The summed E-state index contributed by atoms with van der Waals surface area (Å²) < 4.78 is 15.2. The largest absolute Gasteiger partial charge is 0.466 e. The topological polar surface area (TPSA) is 90.9 Å². The molecule has 0 aromatic heterocycles. The highest BCUT2D eigenvalue weighted by atomic mass is 16.6. The van der Waals surface area contributed by atoms with E-state index in [1.165, 1.54) is 0 Å². The number of ether oxygens (including phenoxy) is 3. The molecule has 7 nitrogen and oxygen atoms in total. The fourth-order valence-electron chi connectivity index (χ4n) is 1.60. The number of alkyl carbamates (subject to hydrolysis) is 1. The number of amides is 1. The minimum atomic E-state index is -0.537. The first kappa shape index (κ1) is 22.2. The Hall–Kier alpha value is -1.79. The van der Waals surface area contributed by atoms with Gasteiger partial charge in [-0.25, -0.2) is 4.79 Å². The lowest BCUT2D eigenvalue weighted by Gasteiger charge is -2.19. The molecule has 0 saturated heterocycles. The molecule has 1 N–H and O–H groups in total. The molecule has 0 radical (unpaired) electrons. The summed E-state index contributed by atoms with van der Waals surface area (Å²) in [5, 5.41) is 2.58. The van der Waals surface area contributed by atoms with Crippen molar-refractivity contribution in [1.29, 1.82) is 0 Å². The number of hydrogen-bond donors (Lipinski definition) is 1. The van der Waals surface area contributed by atoms with Crippen molar-refractivity contribution in [1.82, 2.24) is 5.32 Å². The normalized spacial score (nSPS) is 11.6. The van der Waals surface area contributed by atoms with E-state index in [1.807, 2.05) is 0 Å². The Balaban J connectivity index is 3.64. The zero-order valence-electron chi connectivity index (χ0n) is 15.7. The highest BCUT2D eigenvalue weighted by Gasteiger charge is 2.17. The van der Waals surface area contributed by atoms with Crippen molar-refractivity contribution in [3.63, 3.8) is 0 Å². The second kappa shape index (κ2) is 10.2. The lowest BCUT2D eigenvalue weighted by molar-refractivity contribution is -0.155. The molecule has 0 bridgehead atoms. The molecule has 0 fully saturated rings. The van der Waals surface area contributed by atoms with E-state index in [9.17, 15) is 14.4 Å². The predicted octanol–water partition coefficient (Wildman–Crippen LogP) is 2.96. The summed E-state index contributed by atoms with van der Waals surface area (Å²) >= 11 is 0. The molecule has 1 amide bonds. The Morgan fingerprint density at radius 3 is 1.88 bits per heavy atom. The molecule has 0 aliphatic heterocycles. The van der Waals surface area contributed by atoms with Crippen LogP contribution < -0.4 is 5.32 Å². The first-order valence-electron chi connectivity index (χ1n) is 8.23. The molecule has 7 heteroatoms. The first-order valence-corrected chi connectivity index (χ1v) is 8.23. The van der Waals surface area contributed by atoms with Crippen molar-refractivity contribution in [3.8, 4) is 0 Å². The third-order valence-electron chi connectivity index (χ3n) is 2.43. The van der Waals surface area contributed by atoms with Gasteiger partial charge in [-0.3, -0.25) is 9.59 Å². The molecule has 0 aliphatic carbocycles. The Bertz CT molecular complexity index is 420. The second-order valence-corrected chi connectivity index (χ2v) is 7.44. The van der Waals surface area contributed by atoms with E-state index in [0.29, 0.717) is 19.4 Å². The van der Waals surface area contributed by atoms with Crippen molar-refractivity contribution >= 4 is 18.0 Å². The third kappa shape index (κ3) is 15.1. The van der Waals surface area contributed by atoms with Crippen LogP contribution >= 0.6 is 0 Å². The van der Waals surface area contributed by atoms with Crippen LogP contribution in [-0.2, 0) is 23.8 Å². The summed E-state index contributed by atoms with van der Waals surface area (Å²) in [5.41, 5.74) is -1.05. The summed E-state index contributed by atoms with van der Waals surface area (Å²) in [7, 11) is 0. The van der Waals surface area contributed by atoms with Gasteiger partial charge in [-0.1, -0.05) is 0 Å². The van der Waals surface area contributed by atoms with E-state index < -0.39 is 17.3 Å². The van der Waals surface area contributed by atoms with Crippen molar-refractivity contribution in [2.75, 3.05) is 13.2 Å². The zero-order valence-corrected chi connectivity index (χ0v) is 15.7. The molecule has 0 aromatic carbocycles. The Kier molecular flexibility index (Phi) is 9.40. The van der Waals surface area contributed by atoms with Gasteiger partial charge in [0.25, 0.3) is 0 Å². The van der Waals surface area contributed by atoms with Crippen LogP contribution in [0, 0.1) is 0 Å². The average molecular weight is 345 g/mol. The van der Waals surface area contributed by atoms with E-state index >= 15 is 0 Å². The van der Waals surface area contributed by atoms with Gasteiger partial charge in [-0.15, -0.1) is 0 Å². The number of hydrogen-bond acceptors (Lipinski definition) is 6. The van der Waals surface area contributed by atoms with Gasteiger partial charge in [-0.05, 0) is 54.4 Å². The fourth-order valence-corrected chi connectivity index (χ4v) is 1.60. The van der Waals surface area contributed by atoms with Crippen LogP contribution in [0.25, 0.3) is 0 Å². The van der Waals surface area contributed by atoms with E-state index in [2.05, 4.69) is 5.32 Å². The molecule has 0 rings (SSSR count). The van der Waals surface area contributed by atoms with E-state index in [-0.39, 0.29) is 31.4 Å². The maximum atomic E-state index is 11.5. The molecule has 0 saturated carbocycles. The standard InChI is InChI=1S/C17H31NO6/c1-16(2,3)23-14(20)10-7-9-13(19)22-12-8-11-18-15(21)24-17(4,5)6/h7-12H2,1-6H3,(H,18,21). The third-order valence-corrected chi connectivity index (χ3v) is 2.43. The molecule has 140 valence electrons. The number of carbonyl (C=O) groups excluding carboxylic acids is 3. The summed E-state index contributed by atoms with van der Waals surface area (Å²) in [6.45, 7) is 11.3. The summed E-state index contributed by atoms with van der Waals surface area (Å²) in [5.74, 6) is -0.687. The van der Waals surface area contributed by atoms with E-state index in [0.717, 1.165) is 0 Å². The highest BCUT2D eigenvalue weighted by Crippen LogP contribution is 2.10. The number of esters is 2. The Labute approximate surface area is 144 Å². The van der Waals surface area contributed by atoms with E-state index in [4.69, 9.17) is 14.2 Å². The van der Waals surface area contributed by atoms with Crippen LogP contribution in [0.3, 0.4) is 0 Å². The highest BCUT2D eigenvalue weighted by molar-refractivity contribution is 5.72. The van der Waals surface area contributed by atoms with Gasteiger partial charge in [0.05, 0.1) is 6.61 Å². The van der Waals surface area contributed by atoms with Crippen molar-refractivity contribution < 1.29 is 28.6 Å². The first-order chi connectivity index (χ1) is 10.9. The minimum Gasteiger partial charge on any atom is -0.466 e. The molecular formula is C17H31NO6. The lowest BCUT2D eigenvalue weighted by atomic mass is 10.2. The summed E-state index contributed by atoms with van der Waals surface area (Å²) in [4.78, 5) is 34.4. The predicted molar refractivity (Wildman–Crippen MR) is 89.5 cm³/mol. The van der Waals surface area contributed by atoms with Crippen molar-refractivity contribution in [2.24, 2.45) is 0 Å². The maximum absolute atomic E-state index is 11.5. The van der Waals surface area contributed by atoms with Gasteiger partial charge < -0.3 is 19.5 Å². The van der Waals surface area contributed by atoms with Gasteiger partial charge in [0.15, 0.2) is 0 Å². The molecular weight excluding hydrogens is 314 g/mol. The van der Waals surface area contributed by atoms with Crippen molar-refractivity contribution in [2.45, 2.75) is 78.4 Å². The van der Waals surface area contributed by atoms with Crippen LogP contribution in [-0.4, -0.2) is 42.4 Å². The van der Waals surface area contributed by atoms with Crippen LogP contribution in [0.4, 0.5) is 4.79 Å². The van der Waals surface area contributed by atoms with Gasteiger partial charge >= 0.3 is 18.0 Å². The van der Waals surface area contributed by atoms with Gasteiger partial charge in [0.2, 0.25) is 0 Å². The summed E-state index contributed by atoms with van der Waals surface area (Å²) in [6, 6.07) is 0. The minimum absolute atomic E-state index is 0.165. The molecule has 0 spiro atoms. The van der Waals surface area contributed by atoms with Crippen molar-refractivity contribution in [3.05, 3.63) is 0 Å². The lowest BCUT2D eigenvalue weighted by Crippen LogP contribution is -2.33. The van der Waals surface area contributed by atoms with Crippen LogP contribution in [0.2, 0.25) is 0 Å². The molecule has 0 aromatic rings. The number of rotatable bonds is 8. The van der Waals surface area contributed by atoms with Crippen LogP contribution in [0.15, 0.2) is 0 Å². The smallest absolute Gasteiger partial charge is 0.407 e. The van der Waals surface area contributed by atoms with E-state index in [1.54, 1.807) is 41.5 Å². The van der Waals surface area contributed by atoms with Gasteiger partial charge in [0, 0.05) is 19.4 Å². The van der Waals surface area contributed by atoms with Gasteiger partial charge in [0.1, 0.15) is 11.2 Å². The molecule has 0 unspecified atom stereocenters. The average Bonchev–Trinajstić information content (AvgIpc) is 2.33. The molecule has 0 aliphatic rings. The second-order valence-electron chi connectivity index (χ2n) is 7.44. The Morgan fingerprint density at radius 2 is 1.33 bits per heavy atom. The number of carbonyl (C=O) groups is 3. The summed E-state index contributed by atoms with van der Waals surface area (Å²) in [6.07, 6.45) is 0.748. The molecule has 0 heterocycles. The molecule has 24 heavy (non-hydrogen) atoms. The monoisotopic (exact) mass is 345 g/mol. The maximum Gasteiger partial charge on any atom is 0.407 e. The van der Waals surface area contributed by atoms with Crippen LogP contribution in [0.5, 0.6) is 0 Å². The van der Waals surface area contributed by atoms with Crippen LogP contribution in [0.1, 0.15) is 67.2 Å². The zero-order chi connectivity index (χ0) is 18.8. The quantitative estimate of drug-likeness (QED) is 0.413. The Morgan fingerprint density at radius 1 is 0.792 bits per heavy atom. The van der Waals surface area contributed by atoms with Gasteiger partial charge in [-0.2, -0.15) is 0 Å². The number of nitrogens with one attached hydrogen (secondary N) is 1. The fraction of sp³-hybridized carbons (Fsp3) is 0.824.